The molecule has 0 amide bonds. The molecule has 2 nitrogen and oxygen atoms in total. The first kappa shape index (κ1) is 28.4. The number of aromatic nitrogens is 2. The van der Waals surface area contributed by atoms with Crippen LogP contribution in [0.5, 0.6) is 0 Å². The highest BCUT2D eigenvalue weighted by Gasteiger charge is 2.35. The molecule has 5 aromatic carbocycles. The van der Waals surface area contributed by atoms with Crippen molar-refractivity contribution in [2.75, 3.05) is 0 Å². The van der Waals surface area contributed by atoms with Gasteiger partial charge in [0.2, 0.25) is 0 Å². The van der Waals surface area contributed by atoms with Gasteiger partial charge in [-0.15, -0.1) is 0 Å². The Morgan fingerprint density at radius 1 is 0.500 bits per heavy atom. The molecule has 0 atom stereocenters. The van der Waals surface area contributed by atoms with E-state index in [1.54, 1.807) is 0 Å². The molecule has 0 radical (unpaired) electrons. The summed E-state index contributed by atoms with van der Waals surface area (Å²) >= 11 is 0. The van der Waals surface area contributed by atoms with Crippen LogP contribution in [0.15, 0.2) is 140 Å². The summed E-state index contributed by atoms with van der Waals surface area (Å²) in [5.74, 6) is 0.751. The van der Waals surface area contributed by atoms with Gasteiger partial charge in [-0.25, -0.2) is 9.97 Å². The third-order valence-corrected chi connectivity index (χ3v) is 10.1. The lowest BCUT2D eigenvalue weighted by molar-refractivity contribution is 0.346. The van der Waals surface area contributed by atoms with Crippen LogP contribution in [0.2, 0.25) is 0 Å². The summed E-state index contributed by atoms with van der Waals surface area (Å²) in [5.41, 5.74) is 13.6. The van der Waals surface area contributed by atoms with Gasteiger partial charge in [-0.2, -0.15) is 0 Å². The fourth-order valence-electron chi connectivity index (χ4n) is 7.64. The molecular weight excluding hydrogens is 556 g/mol. The molecule has 0 aliphatic heterocycles. The van der Waals surface area contributed by atoms with Gasteiger partial charge < -0.3 is 0 Å². The summed E-state index contributed by atoms with van der Waals surface area (Å²) in [7, 11) is 0. The van der Waals surface area contributed by atoms with Crippen molar-refractivity contribution in [3.8, 4) is 45.0 Å². The summed E-state index contributed by atoms with van der Waals surface area (Å²) in [6.45, 7) is 0. The van der Waals surface area contributed by atoms with Gasteiger partial charge in [-0.05, 0) is 65.1 Å². The van der Waals surface area contributed by atoms with Crippen LogP contribution in [0.25, 0.3) is 51.1 Å². The van der Waals surface area contributed by atoms with E-state index in [-0.39, 0.29) is 5.41 Å². The van der Waals surface area contributed by atoms with Crippen molar-refractivity contribution in [3.63, 3.8) is 0 Å². The van der Waals surface area contributed by atoms with Crippen LogP contribution in [-0.4, -0.2) is 9.97 Å². The fourth-order valence-corrected chi connectivity index (χ4v) is 7.64. The van der Waals surface area contributed by atoms with Crippen LogP contribution in [0.3, 0.4) is 0 Å². The quantitative estimate of drug-likeness (QED) is 0.192. The molecule has 0 saturated heterocycles. The highest BCUT2D eigenvalue weighted by molar-refractivity contribution is 5.75. The summed E-state index contributed by atoms with van der Waals surface area (Å²) in [5, 5.41) is 0. The molecule has 8 rings (SSSR count). The summed E-state index contributed by atoms with van der Waals surface area (Å²) in [6, 6.07) is 48.4. The summed E-state index contributed by atoms with van der Waals surface area (Å²) in [6.07, 6.45) is 13.0. The molecule has 224 valence electrons. The van der Waals surface area contributed by atoms with Crippen molar-refractivity contribution >= 4 is 6.08 Å². The van der Waals surface area contributed by atoms with E-state index in [4.69, 9.17) is 9.97 Å². The number of hydrogen-bond donors (Lipinski definition) is 0. The number of benzene rings is 5. The minimum absolute atomic E-state index is 0.0320. The maximum Gasteiger partial charge on any atom is 0.160 e. The van der Waals surface area contributed by atoms with Gasteiger partial charge in [0, 0.05) is 22.1 Å². The zero-order valence-corrected chi connectivity index (χ0v) is 26.2. The maximum atomic E-state index is 5.07. The van der Waals surface area contributed by atoms with Crippen molar-refractivity contribution in [2.24, 2.45) is 0 Å². The van der Waals surface area contributed by atoms with Gasteiger partial charge in [0.1, 0.15) is 0 Å². The number of hydrogen-bond acceptors (Lipinski definition) is 2. The first-order valence-electron chi connectivity index (χ1n) is 16.8. The maximum absolute atomic E-state index is 5.07. The fraction of sp³-hybridized carbons (Fsp3) is 0.182. The van der Waals surface area contributed by atoms with Gasteiger partial charge in [-0.3, -0.25) is 0 Å². The molecule has 0 spiro atoms. The Balaban J connectivity index is 1.15. The third-order valence-electron chi connectivity index (χ3n) is 10.1. The summed E-state index contributed by atoms with van der Waals surface area (Å²) < 4.78 is 0. The van der Waals surface area contributed by atoms with Gasteiger partial charge in [0.25, 0.3) is 0 Å². The number of nitrogens with zero attached hydrogens (tertiary/aromatic N) is 2. The second-order valence-corrected chi connectivity index (χ2v) is 12.8. The average molecular weight is 595 g/mol. The third kappa shape index (κ3) is 5.39. The van der Waals surface area contributed by atoms with Crippen LogP contribution < -0.4 is 0 Å². The first-order chi connectivity index (χ1) is 22.8. The van der Waals surface area contributed by atoms with E-state index < -0.39 is 0 Å². The molecule has 1 heterocycles. The Labute approximate surface area is 272 Å². The Morgan fingerprint density at radius 3 is 1.74 bits per heavy atom. The molecule has 0 unspecified atom stereocenters. The van der Waals surface area contributed by atoms with Crippen LogP contribution in [-0.2, 0) is 11.8 Å². The van der Waals surface area contributed by atoms with E-state index in [0.29, 0.717) is 0 Å². The van der Waals surface area contributed by atoms with Crippen molar-refractivity contribution in [2.45, 2.75) is 50.4 Å². The minimum Gasteiger partial charge on any atom is -0.228 e. The van der Waals surface area contributed by atoms with E-state index in [0.717, 1.165) is 46.7 Å². The molecule has 1 saturated carbocycles. The van der Waals surface area contributed by atoms with Gasteiger partial charge in [0.05, 0.1) is 11.4 Å². The van der Waals surface area contributed by atoms with E-state index in [1.807, 2.05) is 24.3 Å². The second kappa shape index (κ2) is 12.4. The zero-order chi connectivity index (χ0) is 30.8. The van der Waals surface area contributed by atoms with Crippen LogP contribution in [0.1, 0.15) is 60.8 Å². The minimum atomic E-state index is 0.0320. The predicted molar refractivity (Wildman–Crippen MR) is 191 cm³/mol. The molecule has 46 heavy (non-hydrogen) atoms. The summed E-state index contributed by atoms with van der Waals surface area (Å²) in [4.78, 5) is 10.1. The lowest BCUT2D eigenvalue weighted by Crippen LogP contribution is -2.30. The van der Waals surface area contributed by atoms with Crippen molar-refractivity contribution in [1.29, 1.82) is 0 Å². The largest absolute Gasteiger partial charge is 0.228 e. The Bertz CT molecular complexity index is 1930. The molecular formula is C44H38N2. The van der Waals surface area contributed by atoms with Crippen LogP contribution >= 0.6 is 0 Å². The molecule has 2 aliphatic carbocycles. The van der Waals surface area contributed by atoms with Gasteiger partial charge in [-0.1, -0.05) is 159 Å². The highest BCUT2D eigenvalue weighted by atomic mass is 14.9. The molecule has 6 aromatic rings. The SMILES string of the molecule is C1=Cc2cccc(-c3ccc(C4(c5ccc(-c6cc(-c7ccccc7)nc(-c7ccccc7)n6)cc5)CCCCC4)cc3)c2CC1. The van der Waals surface area contributed by atoms with Gasteiger partial charge in [0.15, 0.2) is 5.82 Å². The van der Waals surface area contributed by atoms with Gasteiger partial charge >= 0.3 is 0 Å². The monoisotopic (exact) mass is 594 g/mol. The normalized spacial score (nSPS) is 15.3. The highest BCUT2D eigenvalue weighted by Crippen LogP contribution is 2.46. The standard InChI is InChI=1S/C44H38N2/c1-4-14-34(15-5-1)41-31-42(46-43(45-41)36-16-6-2-7-17-36)35-23-27-38(28-24-35)44(29-10-3-11-30-44)37-25-21-33(22-26-37)40-20-12-18-32-13-8-9-19-39(32)40/h1-2,4-8,12-18,20-28,31H,3,9-11,19,29-30H2. The molecule has 1 aromatic heterocycles. The lowest BCUT2D eigenvalue weighted by Gasteiger charge is -2.39. The predicted octanol–water partition coefficient (Wildman–Crippen LogP) is 11.4. The lowest BCUT2D eigenvalue weighted by atomic mass is 9.65. The van der Waals surface area contributed by atoms with E-state index in [2.05, 4.69) is 121 Å². The van der Waals surface area contributed by atoms with Crippen LogP contribution in [0.4, 0.5) is 0 Å². The first-order valence-corrected chi connectivity index (χ1v) is 16.8. The van der Waals surface area contributed by atoms with E-state index in [9.17, 15) is 0 Å². The Kier molecular flexibility index (Phi) is 7.64. The topological polar surface area (TPSA) is 25.8 Å². The number of fused-ring (bicyclic) bond motifs is 1. The smallest absolute Gasteiger partial charge is 0.160 e. The van der Waals surface area contributed by atoms with Crippen molar-refractivity contribution < 1.29 is 0 Å². The second-order valence-electron chi connectivity index (χ2n) is 12.8. The van der Waals surface area contributed by atoms with E-state index >= 15 is 0 Å². The molecule has 1 fully saturated rings. The van der Waals surface area contributed by atoms with E-state index in [1.165, 1.54) is 65.5 Å². The number of rotatable bonds is 6. The molecule has 2 aliphatic rings. The van der Waals surface area contributed by atoms with Crippen molar-refractivity contribution in [3.05, 3.63) is 162 Å². The number of allylic oxidation sites excluding steroid dienone is 1. The average Bonchev–Trinajstić information content (AvgIpc) is 3.15. The Morgan fingerprint density at radius 2 is 1.09 bits per heavy atom. The molecule has 0 N–H and O–H groups in total. The molecule has 0 bridgehead atoms. The zero-order valence-electron chi connectivity index (χ0n) is 26.2. The van der Waals surface area contributed by atoms with Crippen molar-refractivity contribution in [1.82, 2.24) is 9.97 Å². The van der Waals surface area contributed by atoms with Crippen LogP contribution in [0, 0.1) is 0 Å². The Hall–Kier alpha value is -5.08. The molecule has 2 heteroatoms.